The van der Waals surface area contributed by atoms with Gasteiger partial charge >= 0.3 is 0 Å². The number of piperidine rings is 1. The van der Waals surface area contributed by atoms with Crippen LogP contribution in [0.2, 0.25) is 0 Å². The Morgan fingerprint density at radius 3 is 2.75 bits per heavy atom. The van der Waals surface area contributed by atoms with Gasteiger partial charge in [0.05, 0.1) is 0 Å². The lowest BCUT2D eigenvalue weighted by atomic mass is 9.99. The molecule has 1 saturated heterocycles. The lowest BCUT2D eigenvalue weighted by Gasteiger charge is -2.33. The lowest BCUT2D eigenvalue weighted by Crippen LogP contribution is -2.46. The molecule has 0 amide bonds. The van der Waals surface area contributed by atoms with Crippen molar-refractivity contribution in [3.8, 4) is 0 Å². The molecule has 1 N–H and O–H groups in total. The number of hydrogen-bond donors (Lipinski definition) is 1. The topological polar surface area (TPSA) is 27.6 Å². The molecule has 0 saturated carbocycles. The molecule has 1 aromatic heterocycles. The Morgan fingerprint density at radius 1 is 1.50 bits per heavy atom. The van der Waals surface area contributed by atoms with Crippen LogP contribution in [0.25, 0.3) is 0 Å². The summed E-state index contributed by atoms with van der Waals surface area (Å²) >= 11 is 1.77. The van der Waals surface area contributed by atoms with E-state index >= 15 is 0 Å². The van der Waals surface area contributed by atoms with Crippen molar-refractivity contribution >= 4 is 41.3 Å². The summed E-state index contributed by atoms with van der Waals surface area (Å²) in [5.41, 5.74) is 1.42. The predicted molar refractivity (Wildman–Crippen MR) is 99.5 cm³/mol. The van der Waals surface area contributed by atoms with Crippen molar-refractivity contribution in [1.29, 1.82) is 0 Å². The maximum atomic E-state index is 4.42. The number of rotatable bonds is 3. The second-order valence-corrected chi connectivity index (χ2v) is 6.34. The van der Waals surface area contributed by atoms with Crippen LogP contribution in [-0.2, 0) is 0 Å². The number of nitrogens with zero attached hydrogens (tertiary/aromatic N) is 2. The summed E-state index contributed by atoms with van der Waals surface area (Å²) in [6.45, 7) is 7.82. The van der Waals surface area contributed by atoms with Gasteiger partial charge in [-0.15, -0.1) is 24.0 Å². The molecule has 20 heavy (non-hydrogen) atoms. The Labute approximate surface area is 143 Å². The van der Waals surface area contributed by atoms with Crippen LogP contribution in [0.5, 0.6) is 0 Å². The second-order valence-electron chi connectivity index (χ2n) is 5.56. The summed E-state index contributed by atoms with van der Waals surface area (Å²) in [5.74, 6) is 2.46. The van der Waals surface area contributed by atoms with E-state index in [0.29, 0.717) is 5.92 Å². The fourth-order valence-electron chi connectivity index (χ4n) is 2.47. The zero-order chi connectivity index (χ0) is 13.7. The van der Waals surface area contributed by atoms with Gasteiger partial charge in [-0.3, -0.25) is 4.99 Å². The maximum absolute atomic E-state index is 4.42. The van der Waals surface area contributed by atoms with Crippen molar-refractivity contribution in [2.45, 2.75) is 32.6 Å². The number of likely N-dealkylation sites (tertiary alicyclic amines) is 1. The van der Waals surface area contributed by atoms with Gasteiger partial charge in [-0.1, -0.05) is 13.8 Å². The zero-order valence-electron chi connectivity index (χ0n) is 12.6. The van der Waals surface area contributed by atoms with Crippen LogP contribution < -0.4 is 5.32 Å². The first-order valence-electron chi connectivity index (χ1n) is 7.18. The highest BCUT2D eigenvalue weighted by atomic mass is 127. The van der Waals surface area contributed by atoms with Gasteiger partial charge in [-0.25, -0.2) is 0 Å². The maximum Gasteiger partial charge on any atom is 0.193 e. The van der Waals surface area contributed by atoms with Crippen LogP contribution in [-0.4, -0.2) is 37.5 Å². The molecule has 2 rings (SSSR count). The molecular formula is C15H26IN3S. The first-order chi connectivity index (χ1) is 9.20. The van der Waals surface area contributed by atoms with E-state index in [1.807, 2.05) is 7.05 Å². The molecule has 1 aliphatic rings. The molecule has 114 valence electrons. The normalized spacial score (nSPS) is 18.6. The summed E-state index contributed by atoms with van der Waals surface area (Å²) in [6.07, 6.45) is 2.56. The molecule has 0 spiro atoms. The molecule has 0 aromatic carbocycles. The highest BCUT2D eigenvalue weighted by Crippen LogP contribution is 2.18. The van der Waals surface area contributed by atoms with Crippen molar-refractivity contribution < 1.29 is 0 Å². The van der Waals surface area contributed by atoms with Gasteiger partial charge in [0.15, 0.2) is 5.96 Å². The van der Waals surface area contributed by atoms with Crippen molar-refractivity contribution in [3.05, 3.63) is 22.4 Å². The number of thiophene rings is 1. The van der Waals surface area contributed by atoms with Gasteiger partial charge < -0.3 is 10.2 Å². The summed E-state index contributed by atoms with van der Waals surface area (Å²) < 4.78 is 0. The number of hydrogen-bond acceptors (Lipinski definition) is 2. The van der Waals surface area contributed by atoms with E-state index in [0.717, 1.165) is 31.5 Å². The smallest absolute Gasteiger partial charge is 0.193 e. The Morgan fingerprint density at radius 2 is 2.20 bits per heavy atom. The highest BCUT2D eigenvalue weighted by Gasteiger charge is 2.18. The van der Waals surface area contributed by atoms with E-state index in [4.69, 9.17) is 0 Å². The van der Waals surface area contributed by atoms with Gasteiger partial charge in [0.2, 0.25) is 0 Å². The monoisotopic (exact) mass is 407 g/mol. The Balaban J connectivity index is 0.00000200. The van der Waals surface area contributed by atoms with Crippen LogP contribution in [0.3, 0.4) is 0 Å². The average molecular weight is 407 g/mol. The average Bonchev–Trinajstić information content (AvgIpc) is 2.95. The second kappa shape index (κ2) is 8.87. The van der Waals surface area contributed by atoms with Crippen LogP contribution in [0.4, 0.5) is 0 Å². The van der Waals surface area contributed by atoms with E-state index in [1.54, 1.807) is 11.3 Å². The first-order valence-corrected chi connectivity index (χ1v) is 8.12. The molecule has 0 bridgehead atoms. The Bertz CT molecular complexity index is 397. The van der Waals surface area contributed by atoms with Gasteiger partial charge in [-0.05, 0) is 47.1 Å². The number of halogens is 1. The van der Waals surface area contributed by atoms with Crippen molar-refractivity contribution in [3.63, 3.8) is 0 Å². The van der Waals surface area contributed by atoms with E-state index in [1.165, 1.54) is 18.4 Å². The van der Waals surface area contributed by atoms with Crippen molar-refractivity contribution in [2.75, 3.05) is 26.7 Å². The third kappa shape index (κ3) is 4.91. The molecule has 3 nitrogen and oxygen atoms in total. The van der Waals surface area contributed by atoms with Gasteiger partial charge in [0, 0.05) is 26.7 Å². The first kappa shape index (κ1) is 17.8. The molecule has 1 fully saturated rings. The third-order valence-electron chi connectivity index (χ3n) is 3.97. The minimum atomic E-state index is 0. The molecule has 0 aliphatic carbocycles. The third-order valence-corrected chi connectivity index (χ3v) is 4.68. The zero-order valence-corrected chi connectivity index (χ0v) is 15.8. The van der Waals surface area contributed by atoms with Crippen LogP contribution in [0.1, 0.15) is 38.2 Å². The lowest BCUT2D eigenvalue weighted by molar-refractivity contribution is 0.273. The molecule has 1 aliphatic heterocycles. The van der Waals surface area contributed by atoms with Gasteiger partial charge in [-0.2, -0.15) is 11.3 Å². The number of nitrogens with one attached hydrogen (secondary N) is 1. The van der Waals surface area contributed by atoms with Crippen LogP contribution in [0, 0.1) is 5.92 Å². The minimum Gasteiger partial charge on any atom is -0.356 e. The quantitative estimate of drug-likeness (QED) is 0.469. The Kier molecular flexibility index (Phi) is 7.87. The van der Waals surface area contributed by atoms with E-state index in [2.05, 4.69) is 45.9 Å². The fraction of sp³-hybridized carbons (Fsp3) is 0.667. The molecule has 1 unspecified atom stereocenters. The molecule has 5 heteroatoms. The summed E-state index contributed by atoms with van der Waals surface area (Å²) in [7, 11) is 1.88. The number of guanidine groups is 1. The highest BCUT2D eigenvalue weighted by molar-refractivity contribution is 14.0. The SMILES string of the molecule is CN=C(NCC(C)c1ccsc1)N1CCC(C)CC1.I. The van der Waals surface area contributed by atoms with E-state index in [9.17, 15) is 0 Å². The summed E-state index contributed by atoms with van der Waals surface area (Å²) in [6, 6.07) is 2.21. The van der Waals surface area contributed by atoms with E-state index in [-0.39, 0.29) is 24.0 Å². The van der Waals surface area contributed by atoms with Gasteiger partial charge in [0.25, 0.3) is 0 Å². The Hall–Kier alpha value is -0.300. The van der Waals surface area contributed by atoms with Crippen LogP contribution >= 0.6 is 35.3 Å². The molecule has 1 aromatic rings. The van der Waals surface area contributed by atoms with Gasteiger partial charge in [0.1, 0.15) is 0 Å². The van der Waals surface area contributed by atoms with Crippen molar-refractivity contribution in [2.24, 2.45) is 10.9 Å². The number of aliphatic imine (C=N–C) groups is 1. The fourth-order valence-corrected chi connectivity index (χ4v) is 3.25. The molecular weight excluding hydrogens is 381 g/mol. The molecule has 0 radical (unpaired) electrons. The largest absolute Gasteiger partial charge is 0.356 e. The molecule has 2 heterocycles. The summed E-state index contributed by atoms with van der Waals surface area (Å²) in [5, 5.41) is 7.90. The van der Waals surface area contributed by atoms with Crippen molar-refractivity contribution in [1.82, 2.24) is 10.2 Å². The van der Waals surface area contributed by atoms with Crippen LogP contribution in [0.15, 0.2) is 21.8 Å². The predicted octanol–water partition coefficient (Wildman–Crippen LogP) is 3.78. The standard InChI is InChI=1S/C15H25N3S.HI/c1-12-4-7-18(8-5-12)15(16-3)17-10-13(2)14-6-9-19-11-14;/h6,9,11-13H,4-5,7-8,10H2,1-3H3,(H,16,17);1H. The summed E-state index contributed by atoms with van der Waals surface area (Å²) in [4.78, 5) is 6.81. The van der Waals surface area contributed by atoms with E-state index < -0.39 is 0 Å². The molecule has 1 atom stereocenters. The minimum absolute atomic E-state index is 0.